The summed E-state index contributed by atoms with van der Waals surface area (Å²) in [6.07, 6.45) is 3.26. The van der Waals surface area contributed by atoms with Gasteiger partial charge in [-0.25, -0.2) is 18.1 Å². The quantitative estimate of drug-likeness (QED) is 0.381. The number of halogens is 2. The van der Waals surface area contributed by atoms with Gasteiger partial charge in [0, 0.05) is 12.1 Å². The normalized spacial score (nSPS) is 12.1. The van der Waals surface area contributed by atoms with Gasteiger partial charge < -0.3 is 10.4 Å². The molecule has 32 heavy (non-hydrogen) atoms. The lowest BCUT2D eigenvalue weighted by molar-refractivity contribution is 0.209. The Morgan fingerprint density at radius 2 is 1.62 bits per heavy atom. The number of para-hydroxylation sites is 1. The maximum Gasteiger partial charge on any atom is 0.411 e. The molecule has 0 spiro atoms. The molecule has 2 aromatic carbocycles. The van der Waals surface area contributed by atoms with Crippen LogP contribution in [0.1, 0.15) is 24.8 Å². The minimum atomic E-state index is -1.24. The predicted molar refractivity (Wildman–Crippen MR) is 118 cm³/mol. The van der Waals surface area contributed by atoms with Crippen LogP contribution in [0.25, 0.3) is 16.9 Å². The van der Waals surface area contributed by atoms with E-state index in [2.05, 4.69) is 20.7 Å². The van der Waals surface area contributed by atoms with Crippen LogP contribution in [0.2, 0.25) is 0 Å². The third kappa shape index (κ3) is 5.18. The van der Waals surface area contributed by atoms with E-state index in [1.165, 1.54) is 42.0 Å². The molecule has 7 nitrogen and oxygen atoms in total. The highest BCUT2D eigenvalue weighted by atomic mass is 19.1. The molecule has 2 aromatic heterocycles. The molecule has 164 valence electrons. The molecule has 3 N–H and O–H groups in total. The van der Waals surface area contributed by atoms with Crippen LogP contribution in [0, 0.1) is 11.6 Å². The summed E-state index contributed by atoms with van der Waals surface area (Å²) in [4.78, 5) is 14.9. The lowest BCUT2D eigenvalue weighted by atomic mass is 10.1. The Labute approximate surface area is 182 Å². The summed E-state index contributed by atoms with van der Waals surface area (Å²) in [6, 6.07) is 16.4. The summed E-state index contributed by atoms with van der Waals surface area (Å²) >= 11 is 0. The minimum absolute atomic E-state index is 0.0160. The number of aromatic nitrogens is 3. The Balaban J connectivity index is 0.000000754. The molecule has 0 unspecified atom stereocenters. The Kier molecular flexibility index (Phi) is 6.25. The Bertz CT molecular complexity index is 1220. The van der Waals surface area contributed by atoms with Crippen LogP contribution in [0.4, 0.5) is 25.2 Å². The van der Waals surface area contributed by atoms with E-state index in [4.69, 9.17) is 5.11 Å². The number of fused-ring (bicyclic) bond motifs is 1. The first-order valence-corrected chi connectivity index (χ1v) is 10.1. The molecule has 5 rings (SSSR count). The second-order valence-electron chi connectivity index (χ2n) is 7.25. The maximum atomic E-state index is 13.7. The topological polar surface area (TPSA) is 91.5 Å². The second kappa shape index (κ2) is 9.42. The minimum Gasteiger partial charge on any atom is -0.465 e. The van der Waals surface area contributed by atoms with E-state index in [0.717, 1.165) is 11.1 Å². The fraction of sp³-hybridized carbons (Fsp3) is 0.174. The van der Waals surface area contributed by atoms with Crippen molar-refractivity contribution in [2.75, 3.05) is 10.6 Å². The zero-order valence-corrected chi connectivity index (χ0v) is 17.1. The first-order chi connectivity index (χ1) is 15.5. The van der Waals surface area contributed by atoms with Crippen molar-refractivity contribution < 1.29 is 18.7 Å². The van der Waals surface area contributed by atoms with Gasteiger partial charge in [0.2, 0.25) is 0 Å². The number of hydrogen-bond donors (Lipinski definition) is 3. The molecule has 0 radical (unpaired) electrons. The van der Waals surface area contributed by atoms with Gasteiger partial charge in [-0.1, -0.05) is 55.7 Å². The number of anilines is 2. The van der Waals surface area contributed by atoms with Gasteiger partial charge in [0.05, 0.1) is 5.69 Å². The Hall–Kier alpha value is -4.01. The molecule has 0 atom stereocenters. The molecular formula is C23H21F2N5O2. The smallest absolute Gasteiger partial charge is 0.411 e. The van der Waals surface area contributed by atoms with Crippen molar-refractivity contribution >= 4 is 23.4 Å². The average molecular weight is 437 g/mol. The van der Waals surface area contributed by atoms with Crippen molar-refractivity contribution in [3.05, 3.63) is 77.9 Å². The molecule has 1 aliphatic carbocycles. The van der Waals surface area contributed by atoms with Crippen LogP contribution in [0.15, 0.2) is 60.7 Å². The molecule has 0 aliphatic heterocycles. The van der Waals surface area contributed by atoms with Crippen LogP contribution in [0.3, 0.4) is 0 Å². The Morgan fingerprint density at radius 1 is 0.969 bits per heavy atom. The number of carboxylic acid groups (broad SMARTS) is 1. The summed E-state index contributed by atoms with van der Waals surface area (Å²) in [7, 11) is 0. The number of nitrogens with zero attached hydrogens (tertiary/aromatic N) is 3. The molecule has 1 amide bonds. The van der Waals surface area contributed by atoms with Crippen LogP contribution in [0.5, 0.6) is 0 Å². The number of hydrogen-bond acceptors (Lipinski definition) is 4. The predicted octanol–water partition coefficient (Wildman–Crippen LogP) is 5.55. The van der Waals surface area contributed by atoms with E-state index in [0.29, 0.717) is 11.3 Å². The van der Waals surface area contributed by atoms with Gasteiger partial charge in [0.1, 0.15) is 17.3 Å². The summed E-state index contributed by atoms with van der Waals surface area (Å²) in [5, 5.41) is 17.9. The van der Waals surface area contributed by atoms with Gasteiger partial charge in [0.15, 0.2) is 5.65 Å². The first-order valence-electron chi connectivity index (χ1n) is 10.1. The van der Waals surface area contributed by atoms with E-state index >= 15 is 0 Å². The standard InChI is InChI=1S/C20H15F2N5O2.C3H6/c21-14-3-1-4-15(22)18(14)23-11-12-7-9-13(10-8-12)16-5-2-6-17-24-19(25-20(28)29)26-27(16)17;1-2-3-1/h1-10,23H,11H2,(H,25,26)(H,28,29);1-3H2. The largest absolute Gasteiger partial charge is 0.465 e. The molecule has 4 aromatic rings. The van der Waals surface area contributed by atoms with Crippen LogP contribution < -0.4 is 10.6 Å². The molecule has 9 heteroatoms. The number of pyridine rings is 1. The summed E-state index contributed by atoms with van der Waals surface area (Å²) < 4.78 is 29.0. The second-order valence-corrected chi connectivity index (χ2v) is 7.25. The van der Waals surface area contributed by atoms with E-state index in [9.17, 15) is 13.6 Å². The number of rotatable bonds is 5. The zero-order valence-electron chi connectivity index (χ0n) is 17.1. The molecule has 1 saturated carbocycles. The molecule has 1 aliphatic rings. The van der Waals surface area contributed by atoms with Crippen LogP contribution >= 0.6 is 0 Å². The van der Waals surface area contributed by atoms with Gasteiger partial charge in [-0.15, -0.1) is 5.10 Å². The van der Waals surface area contributed by atoms with E-state index in [-0.39, 0.29) is 18.2 Å². The highest BCUT2D eigenvalue weighted by molar-refractivity contribution is 5.80. The number of benzene rings is 2. The highest BCUT2D eigenvalue weighted by Gasteiger charge is 2.11. The lowest BCUT2D eigenvalue weighted by Crippen LogP contribution is -2.08. The lowest BCUT2D eigenvalue weighted by Gasteiger charge is -2.10. The highest BCUT2D eigenvalue weighted by Crippen LogP contribution is 2.23. The maximum absolute atomic E-state index is 13.7. The van der Waals surface area contributed by atoms with Gasteiger partial charge in [-0.2, -0.15) is 4.98 Å². The Morgan fingerprint density at radius 3 is 2.25 bits per heavy atom. The molecule has 1 fully saturated rings. The molecule has 0 bridgehead atoms. The average Bonchev–Trinajstić information content (AvgIpc) is 3.59. The summed E-state index contributed by atoms with van der Waals surface area (Å²) in [5.74, 6) is -1.31. The fourth-order valence-corrected chi connectivity index (χ4v) is 2.92. The van der Waals surface area contributed by atoms with E-state index in [1.807, 2.05) is 30.3 Å². The van der Waals surface area contributed by atoms with E-state index in [1.54, 1.807) is 12.1 Å². The third-order valence-corrected chi connectivity index (χ3v) is 4.61. The van der Waals surface area contributed by atoms with Crippen molar-refractivity contribution in [2.45, 2.75) is 25.8 Å². The number of amides is 1. The van der Waals surface area contributed by atoms with Crippen molar-refractivity contribution in [1.82, 2.24) is 14.6 Å². The third-order valence-electron chi connectivity index (χ3n) is 4.61. The molecule has 2 heterocycles. The molecule has 0 saturated heterocycles. The van der Waals surface area contributed by atoms with Crippen molar-refractivity contribution in [2.24, 2.45) is 0 Å². The number of carbonyl (C=O) groups is 1. The monoisotopic (exact) mass is 437 g/mol. The van der Waals surface area contributed by atoms with Gasteiger partial charge in [0.25, 0.3) is 5.95 Å². The molecular weight excluding hydrogens is 416 g/mol. The first kappa shape index (κ1) is 21.2. The van der Waals surface area contributed by atoms with Crippen molar-refractivity contribution in [3.63, 3.8) is 0 Å². The van der Waals surface area contributed by atoms with E-state index < -0.39 is 17.7 Å². The van der Waals surface area contributed by atoms with Crippen LogP contribution in [-0.2, 0) is 6.54 Å². The van der Waals surface area contributed by atoms with Gasteiger partial charge in [-0.3, -0.25) is 5.32 Å². The SMILES string of the molecule is C1CC1.O=C(O)Nc1nc2cccc(-c3ccc(CNc4c(F)cccc4F)cc3)n2n1. The van der Waals surface area contributed by atoms with Gasteiger partial charge >= 0.3 is 6.09 Å². The van der Waals surface area contributed by atoms with Crippen molar-refractivity contribution in [1.29, 1.82) is 0 Å². The van der Waals surface area contributed by atoms with Gasteiger partial charge in [-0.05, 0) is 29.8 Å². The fourth-order valence-electron chi connectivity index (χ4n) is 2.92. The number of nitrogens with one attached hydrogen (secondary N) is 2. The van der Waals surface area contributed by atoms with Crippen LogP contribution in [-0.4, -0.2) is 25.8 Å². The summed E-state index contributed by atoms with van der Waals surface area (Å²) in [6.45, 7) is 0.248. The summed E-state index contributed by atoms with van der Waals surface area (Å²) in [5.41, 5.74) is 2.70. The zero-order chi connectivity index (χ0) is 22.5. The van der Waals surface area contributed by atoms with Crippen molar-refractivity contribution in [3.8, 4) is 11.3 Å².